The van der Waals surface area contributed by atoms with Gasteiger partial charge in [0.25, 0.3) is 17.5 Å². The summed E-state index contributed by atoms with van der Waals surface area (Å²) in [5.74, 6) is -0.582. The van der Waals surface area contributed by atoms with Crippen molar-refractivity contribution in [3.63, 3.8) is 0 Å². The lowest BCUT2D eigenvalue weighted by Crippen LogP contribution is -2.28. The summed E-state index contributed by atoms with van der Waals surface area (Å²) < 4.78 is 5.31. The molecule has 140 valence electrons. The number of benzene rings is 2. The first kappa shape index (κ1) is 18.7. The molecule has 1 aliphatic carbocycles. The van der Waals surface area contributed by atoms with Crippen molar-refractivity contribution in [3.8, 4) is 5.75 Å². The summed E-state index contributed by atoms with van der Waals surface area (Å²) in [6, 6.07) is 10.6. The maximum atomic E-state index is 12.2. The minimum atomic E-state index is -0.577. The molecule has 3 rings (SSSR count). The molecule has 0 saturated heterocycles. The SMILES string of the molecule is O=C(COc1ccc([N+](=O)[O-])cc1Cl)Nc1ccccc1C(=O)NC1CC1. The molecule has 0 bridgehead atoms. The number of rotatable bonds is 7. The van der Waals surface area contributed by atoms with E-state index < -0.39 is 10.8 Å². The predicted molar refractivity (Wildman–Crippen MR) is 99.2 cm³/mol. The van der Waals surface area contributed by atoms with Crippen molar-refractivity contribution in [2.75, 3.05) is 11.9 Å². The Morgan fingerprint density at radius 3 is 2.63 bits per heavy atom. The summed E-state index contributed by atoms with van der Waals surface area (Å²) in [7, 11) is 0. The number of hydrogen-bond acceptors (Lipinski definition) is 5. The molecule has 9 heteroatoms. The van der Waals surface area contributed by atoms with E-state index >= 15 is 0 Å². The first-order valence-electron chi connectivity index (χ1n) is 8.20. The van der Waals surface area contributed by atoms with Crippen molar-refractivity contribution in [1.29, 1.82) is 0 Å². The van der Waals surface area contributed by atoms with E-state index in [9.17, 15) is 19.7 Å². The molecule has 2 amide bonds. The van der Waals surface area contributed by atoms with E-state index in [1.54, 1.807) is 24.3 Å². The van der Waals surface area contributed by atoms with E-state index in [0.29, 0.717) is 11.3 Å². The van der Waals surface area contributed by atoms with Gasteiger partial charge >= 0.3 is 0 Å². The minimum Gasteiger partial charge on any atom is -0.482 e. The number of ether oxygens (including phenoxy) is 1. The quantitative estimate of drug-likeness (QED) is 0.558. The topological polar surface area (TPSA) is 111 Å². The summed E-state index contributed by atoms with van der Waals surface area (Å²) in [5.41, 5.74) is 0.567. The summed E-state index contributed by atoms with van der Waals surface area (Å²) >= 11 is 5.92. The fourth-order valence-corrected chi connectivity index (χ4v) is 2.56. The summed E-state index contributed by atoms with van der Waals surface area (Å²) in [6.45, 7) is -0.365. The molecule has 0 spiro atoms. The van der Waals surface area contributed by atoms with Crippen LogP contribution in [0.15, 0.2) is 42.5 Å². The van der Waals surface area contributed by atoms with Crippen LogP contribution in [-0.2, 0) is 4.79 Å². The van der Waals surface area contributed by atoms with Crippen molar-refractivity contribution in [2.45, 2.75) is 18.9 Å². The fraction of sp³-hybridized carbons (Fsp3) is 0.222. The molecule has 2 aromatic carbocycles. The van der Waals surface area contributed by atoms with E-state index in [0.717, 1.165) is 18.9 Å². The molecule has 0 aliphatic heterocycles. The van der Waals surface area contributed by atoms with Crippen molar-refractivity contribution in [1.82, 2.24) is 5.32 Å². The second kappa shape index (κ2) is 8.05. The molecule has 27 heavy (non-hydrogen) atoms. The number of hydrogen-bond donors (Lipinski definition) is 2. The summed E-state index contributed by atoms with van der Waals surface area (Å²) in [5, 5.41) is 16.2. The predicted octanol–water partition coefficient (Wildman–Crippen LogP) is 3.16. The number of carbonyl (C=O) groups excluding carboxylic acids is 2. The Morgan fingerprint density at radius 2 is 1.96 bits per heavy atom. The Labute approximate surface area is 159 Å². The molecule has 2 aromatic rings. The number of nitro groups is 1. The fourth-order valence-electron chi connectivity index (χ4n) is 2.33. The third kappa shape index (κ3) is 4.95. The molecule has 2 N–H and O–H groups in total. The number of para-hydroxylation sites is 1. The van der Waals surface area contributed by atoms with Crippen molar-refractivity contribution in [3.05, 3.63) is 63.2 Å². The van der Waals surface area contributed by atoms with Crippen molar-refractivity contribution < 1.29 is 19.2 Å². The van der Waals surface area contributed by atoms with E-state index in [1.165, 1.54) is 12.1 Å². The maximum Gasteiger partial charge on any atom is 0.271 e. The smallest absolute Gasteiger partial charge is 0.271 e. The van der Waals surface area contributed by atoms with E-state index in [-0.39, 0.29) is 35.0 Å². The molecule has 0 unspecified atom stereocenters. The molecule has 0 radical (unpaired) electrons. The summed E-state index contributed by atoms with van der Waals surface area (Å²) in [6.07, 6.45) is 1.92. The highest BCUT2D eigenvalue weighted by Crippen LogP contribution is 2.28. The van der Waals surface area contributed by atoms with Gasteiger partial charge in [0.2, 0.25) is 0 Å². The third-order valence-corrected chi connectivity index (χ3v) is 4.14. The number of nitrogens with zero attached hydrogens (tertiary/aromatic N) is 1. The zero-order valence-electron chi connectivity index (χ0n) is 14.1. The molecule has 1 aliphatic rings. The second-order valence-corrected chi connectivity index (χ2v) is 6.41. The van der Waals surface area contributed by atoms with Gasteiger partial charge in [-0.05, 0) is 31.0 Å². The van der Waals surface area contributed by atoms with Gasteiger partial charge < -0.3 is 15.4 Å². The number of anilines is 1. The molecule has 0 aromatic heterocycles. The number of non-ortho nitro benzene ring substituents is 1. The highest BCUT2D eigenvalue weighted by Gasteiger charge is 2.25. The van der Waals surface area contributed by atoms with Crippen LogP contribution in [-0.4, -0.2) is 29.4 Å². The number of nitrogens with one attached hydrogen (secondary N) is 2. The van der Waals surface area contributed by atoms with Crippen LogP contribution in [0.4, 0.5) is 11.4 Å². The molecular formula is C18H16ClN3O5. The number of carbonyl (C=O) groups is 2. The maximum absolute atomic E-state index is 12.2. The van der Waals surface area contributed by atoms with Crippen LogP contribution in [0.1, 0.15) is 23.2 Å². The van der Waals surface area contributed by atoms with Gasteiger partial charge in [0, 0.05) is 18.2 Å². The van der Waals surface area contributed by atoms with Crippen LogP contribution in [0.5, 0.6) is 5.75 Å². The highest BCUT2D eigenvalue weighted by molar-refractivity contribution is 6.32. The molecule has 0 heterocycles. The Balaban J connectivity index is 1.61. The third-order valence-electron chi connectivity index (χ3n) is 3.84. The van der Waals surface area contributed by atoms with E-state index in [4.69, 9.17) is 16.3 Å². The van der Waals surface area contributed by atoms with Gasteiger partial charge in [0.05, 0.1) is 21.2 Å². The Bertz CT molecular complexity index is 898. The van der Waals surface area contributed by atoms with E-state index in [2.05, 4.69) is 10.6 Å². The van der Waals surface area contributed by atoms with Crippen molar-refractivity contribution >= 4 is 34.8 Å². The van der Waals surface area contributed by atoms with Crippen LogP contribution in [0.25, 0.3) is 0 Å². The number of halogens is 1. The summed E-state index contributed by atoms with van der Waals surface area (Å²) in [4.78, 5) is 34.5. The lowest BCUT2D eigenvalue weighted by molar-refractivity contribution is -0.384. The van der Waals surface area contributed by atoms with Crippen LogP contribution >= 0.6 is 11.6 Å². The van der Waals surface area contributed by atoms with Gasteiger partial charge in [-0.3, -0.25) is 19.7 Å². The van der Waals surface area contributed by atoms with Gasteiger partial charge in [-0.1, -0.05) is 23.7 Å². The molecule has 1 fully saturated rings. The monoisotopic (exact) mass is 389 g/mol. The largest absolute Gasteiger partial charge is 0.482 e. The number of nitro benzene ring substituents is 1. The first-order valence-corrected chi connectivity index (χ1v) is 8.58. The van der Waals surface area contributed by atoms with E-state index in [1.807, 2.05) is 0 Å². The van der Waals surface area contributed by atoms with Gasteiger partial charge in [-0.15, -0.1) is 0 Å². The van der Waals surface area contributed by atoms with Gasteiger partial charge in [0.1, 0.15) is 5.75 Å². The standard InChI is InChI=1S/C18H16ClN3O5/c19-14-9-12(22(25)26)7-8-16(14)27-10-17(23)21-15-4-2-1-3-13(15)18(24)20-11-5-6-11/h1-4,7-9,11H,5-6,10H2,(H,20,24)(H,21,23). The molecule has 0 atom stereocenters. The zero-order valence-corrected chi connectivity index (χ0v) is 14.9. The zero-order chi connectivity index (χ0) is 19.4. The van der Waals surface area contributed by atoms with Gasteiger partial charge in [0.15, 0.2) is 6.61 Å². The molecular weight excluding hydrogens is 374 g/mol. The molecule has 8 nitrogen and oxygen atoms in total. The lowest BCUT2D eigenvalue weighted by Gasteiger charge is -2.12. The van der Waals surface area contributed by atoms with Crippen LogP contribution in [0, 0.1) is 10.1 Å². The van der Waals surface area contributed by atoms with Crippen LogP contribution in [0.3, 0.4) is 0 Å². The average Bonchev–Trinajstić information content (AvgIpc) is 3.45. The van der Waals surface area contributed by atoms with Crippen LogP contribution in [0.2, 0.25) is 5.02 Å². The Morgan fingerprint density at radius 1 is 1.22 bits per heavy atom. The average molecular weight is 390 g/mol. The minimum absolute atomic E-state index is 0.0289. The van der Waals surface area contributed by atoms with Crippen molar-refractivity contribution in [2.24, 2.45) is 0 Å². The van der Waals surface area contributed by atoms with Gasteiger partial charge in [-0.2, -0.15) is 0 Å². The second-order valence-electron chi connectivity index (χ2n) is 6.00. The lowest BCUT2D eigenvalue weighted by atomic mass is 10.1. The highest BCUT2D eigenvalue weighted by atomic mass is 35.5. The first-order chi connectivity index (χ1) is 12.9. The van der Waals surface area contributed by atoms with Crippen LogP contribution < -0.4 is 15.4 Å². The normalized spacial score (nSPS) is 12.9. The van der Waals surface area contributed by atoms with Gasteiger partial charge in [-0.25, -0.2) is 0 Å². The number of amides is 2. The molecule has 1 saturated carbocycles. The Kier molecular flexibility index (Phi) is 5.56. The Hall–Kier alpha value is -3.13.